The zero-order chi connectivity index (χ0) is 15.4. The summed E-state index contributed by atoms with van der Waals surface area (Å²) in [6.45, 7) is 0.347. The first-order valence-corrected chi connectivity index (χ1v) is 6.48. The van der Waals surface area contributed by atoms with Crippen molar-refractivity contribution in [3.8, 4) is 5.75 Å². The minimum absolute atomic E-state index is 0.341. The number of aromatic carboxylic acids is 1. The van der Waals surface area contributed by atoms with Crippen molar-refractivity contribution in [2.24, 2.45) is 0 Å². The summed E-state index contributed by atoms with van der Waals surface area (Å²) in [6, 6.07) is 9.20. The van der Waals surface area contributed by atoms with Gasteiger partial charge >= 0.3 is 5.97 Å². The zero-order valence-electron chi connectivity index (χ0n) is 11.2. The second-order valence-corrected chi connectivity index (χ2v) is 4.73. The van der Waals surface area contributed by atoms with Crippen molar-refractivity contribution in [1.82, 2.24) is 0 Å². The van der Waals surface area contributed by atoms with Crippen LogP contribution in [0.2, 0.25) is 5.02 Å². The van der Waals surface area contributed by atoms with Gasteiger partial charge in [-0.15, -0.1) is 0 Å². The monoisotopic (exact) mass is 309 g/mol. The van der Waals surface area contributed by atoms with E-state index in [9.17, 15) is 9.18 Å². The molecule has 21 heavy (non-hydrogen) atoms. The van der Waals surface area contributed by atoms with Crippen molar-refractivity contribution in [1.29, 1.82) is 0 Å². The van der Waals surface area contributed by atoms with Crippen LogP contribution >= 0.6 is 11.6 Å². The summed E-state index contributed by atoms with van der Waals surface area (Å²) in [7, 11) is 1.53. The summed E-state index contributed by atoms with van der Waals surface area (Å²) in [6.07, 6.45) is 0. The summed E-state index contributed by atoms with van der Waals surface area (Å²) < 4.78 is 18.6. The molecular weight excluding hydrogens is 297 g/mol. The third-order valence-corrected chi connectivity index (χ3v) is 3.21. The Morgan fingerprint density at radius 1 is 1.33 bits per heavy atom. The average Bonchev–Trinajstić information content (AvgIpc) is 2.45. The van der Waals surface area contributed by atoms with Crippen molar-refractivity contribution in [3.63, 3.8) is 0 Å². The van der Waals surface area contributed by atoms with E-state index < -0.39 is 11.8 Å². The third kappa shape index (κ3) is 3.64. The molecule has 0 aliphatic rings. The Morgan fingerprint density at radius 3 is 2.67 bits per heavy atom. The molecule has 0 unspecified atom stereocenters. The summed E-state index contributed by atoms with van der Waals surface area (Å²) in [5.74, 6) is -1.47. The van der Waals surface area contributed by atoms with Gasteiger partial charge in [0.1, 0.15) is 11.6 Å². The fourth-order valence-corrected chi connectivity index (χ4v) is 2.08. The summed E-state index contributed by atoms with van der Waals surface area (Å²) in [5.41, 5.74) is 1.04. The van der Waals surface area contributed by atoms with Gasteiger partial charge in [0.2, 0.25) is 0 Å². The van der Waals surface area contributed by atoms with E-state index in [2.05, 4.69) is 5.32 Å². The second kappa shape index (κ2) is 6.45. The minimum atomic E-state index is -1.28. The molecule has 0 aliphatic heterocycles. The van der Waals surface area contributed by atoms with Crippen LogP contribution in [-0.4, -0.2) is 18.2 Å². The van der Waals surface area contributed by atoms with Gasteiger partial charge in [-0.1, -0.05) is 17.7 Å². The van der Waals surface area contributed by atoms with Gasteiger partial charge in [-0.2, -0.15) is 0 Å². The summed E-state index contributed by atoms with van der Waals surface area (Å²) in [5, 5.41) is 12.3. The Balaban J connectivity index is 2.08. The highest BCUT2D eigenvalue weighted by molar-refractivity contribution is 6.32. The highest BCUT2D eigenvalue weighted by Gasteiger charge is 2.10. The molecule has 2 N–H and O–H groups in total. The third-order valence-electron chi connectivity index (χ3n) is 2.91. The van der Waals surface area contributed by atoms with Crippen molar-refractivity contribution in [2.45, 2.75) is 6.54 Å². The van der Waals surface area contributed by atoms with Gasteiger partial charge in [-0.3, -0.25) is 0 Å². The van der Waals surface area contributed by atoms with Gasteiger partial charge in [0.15, 0.2) is 0 Å². The molecule has 0 heterocycles. The van der Waals surface area contributed by atoms with E-state index >= 15 is 0 Å². The van der Waals surface area contributed by atoms with Crippen LogP contribution in [0.1, 0.15) is 15.9 Å². The molecule has 0 aromatic heterocycles. The van der Waals surface area contributed by atoms with Gasteiger partial charge in [-0.25, -0.2) is 9.18 Å². The van der Waals surface area contributed by atoms with Crippen molar-refractivity contribution < 1.29 is 19.0 Å². The first kappa shape index (κ1) is 15.1. The largest absolute Gasteiger partial charge is 0.495 e. The lowest BCUT2D eigenvalue weighted by Crippen LogP contribution is -2.04. The van der Waals surface area contributed by atoms with E-state index in [0.717, 1.165) is 5.69 Å². The molecule has 0 saturated carbocycles. The number of hydrogen-bond donors (Lipinski definition) is 2. The zero-order valence-corrected chi connectivity index (χ0v) is 11.9. The number of carboxylic acid groups (broad SMARTS) is 1. The van der Waals surface area contributed by atoms with Crippen molar-refractivity contribution >= 4 is 23.3 Å². The fourth-order valence-electron chi connectivity index (χ4n) is 1.82. The number of anilines is 1. The quantitative estimate of drug-likeness (QED) is 0.882. The predicted octanol–water partition coefficient (Wildman–Crippen LogP) is 3.80. The molecule has 2 aromatic carbocycles. The molecule has 6 heteroatoms. The maximum Gasteiger partial charge on any atom is 0.338 e. The van der Waals surface area contributed by atoms with Gasteiger partial charge in [-0.05, 0) is 35.9 Å². The van der Waals surface area contributed by atoms with E-state index in [1.165, 1.54) is 19.2 Å². The molecule has 2 aromatic rings. The molecule has 0 fully saturated rings. The lowest BCUT2D eigenvalue weighted by Gasteiger charge is -2.09. The molecule has 0 saturated heterocycles. The highest BCUT2D eigenvalue weighted by atomic mass is 35.5. The number of carbonyl (C=O) groups is 1. The Morgan fingerprint density at radius 2 is 2.10 bits per heavy atom. The molecule has 2 rings (SSSR count). The van der Waals surface area contributed by atoms with Crippen molar-refractivity contribution in [3.05, 3.63) is 58.4 Å². The van der Waals surface area contributed by atoms with Crippen molar-refractivity contribution in [2.75, 3.05) is 12.4 Å². The van der Waals surface area contributed by atoms with Crippen LogP contribution in [0, 0.1) is 5.82 Å². The molecular formula is C15H13ClFNO3. The standard InChI is InChI=1S/C15H13ClFNO3/c1-21-14-5-3-10(7-12(14)16)18-8-9-2-4-11(15(19)20)13(17)6-9/h2-7,18H,8H2,1H3,(H,19,20). The smallest absolute Gasteiger partial charge is 0.338 e. The number of halogens is 2. The normalized spacial score (nSPS) is 10.2. The van der Waals surface area contributed by atoms with Crippen LogP contribution < -0.4 is 10.1 Å². The molecule has 0 amide bonds. The van der Waals surface area contributed by atoms with Crippen LogP contribution in [0.15, 0.2) is 36.4 Å². The Labute approximate surface area is 126 Å². The Hall–Kier alpha value is -2.27. The molecule has 0 spiro atoms. The Bertz CT molecular complexity index is 676. The number of methoxy groups -OCH3 is 1. The number of rotatable bonds is 5. The van der Waals surface area contributed by atoms with Gasteiger partial charge in [0.25, 0.3) is 0 Å². The molecule has 0 radical (unpaired) electrons. The van der Waals surface area contributed by atoms with Crippen LogP contribution in [-0.2, 0) is 6.54 Å². The van der Waals surface area contributed by atoms with E-state index in [1.54, 1.807) is 24.3 Å². The van der Waals surface area contributed by atoms with Gasteiger partial charge in [0.05, 0.1) is 17.7 Å². The number of benzene rings is 2. The number of hydrogen-bond acceptors (Lipinski definition) is 3. The van der Waals surface area contributed by atoms with E-state index in [0.29, 0.717) is 22.9 Å². The lowest BCUT2D eigenvalue weighted by molar-refractivity contribution is 0.0692. The molecule has 0 bridgehead atoms. The summed E-state index contributed by atoms with van der Waals surface area (Å²) >= 11 is 6.00. The minimum Gasteiger partial charge on any atom is -0.495 e. The van der Waals surface area contributed by atoms with E-state index in [1.807, 2.05) is 0 Å². The van der Waals surface area contributed by atoms with Crippen LogP contribution in [0.5, 0.6) is 5.75 Å². The fraction of sp³-hybridized carbons (Fsp3) is 0.133. The Kier molecular flexibility index (Phi) is 4.65. The van der Waals surface area contributed by atoms with Gasteiger partial charge in [0, 0.05) is 12.2 Å². The molecule has 4 nitrogen and oxygen atoms in total. The van der Waals surface area contributed by atoms with Crippen LogP contribution in [0.25, 0.3) is 0 Å². The second-order valence-electron chi connectivity index (χ2n) is 4.32. The van der Waals surface area contributed by atoms with E-state index in [4.69, 9.17) is 21.4 Å². The lowest BCUT2D eigenvalue weighted by atomic mass is 10.1. The molecule has 0 aliphatic carbocycles. The topological polar surface area (TPSA) is 58.6 Å². The van der Waals surface area contributed by atoms with Crippen LogP contribution in [0.3, 0.4) is 0 Å². The predicted molar refractivity (Wildman–Crippen MR) is 78.7 cm³/mol. The van der Waals surface area contributed by atoms with E-state index in [-0.39, 0.29) is 5.56 Å². The number of nitrogens with one attached hydrogen (secondary N) is 1. The first-order chi connectivity index (χ1) is 10.0. The van der Waals surface area contributed by atoms with Crippen LogP contribution in [0.4, 0.5) is 10.1 Å². The molecule has 0 atom stereocenters. The average molecular weight is 310 g/mol. The highest BCUT2D eigenvalue weighted by Crippen LogP contribution is 2.27. The number of ether oxygens (including phenoxy) is 1. The first-order valence-electron chi connectivity index (χ1n) is 6.10. The number of carboxylic acids is 1. The van der Waals surface area contributed by atoms with Gasteiger partial charge < -0.3 is 15.2 Å². The maximum absolute atomic E-state index is 13.5. The SMILES string of the molecule is COc1ccc(NCc2ccc(C(=O)O)c(F)c2)cc1Cl. The summed E-state index contributed by atoms with van der Waals surface area (Å²) in [4.78, 5) is 10.7. The maximum atomic E-state index is 13.5. The molecule has 110 valence electrons.